The molecule has 2 aromatic heterocycles. The first-order chi connectivity index (χ1) is 12.3. The zero-order valence-corrected chi connectivity index (χ0v) is 14.1. The van der Waals surface area contributed by atoms with Gasteiger partial charge in [-0.25, -0.2) is 4.98 Å². The Morgan fingerprint density at radius 3 is 2.76 bits per heavy atom. The number of nitrogens with two attached hydrogens (primary N) is 1. The van der Waals surface area contributed by atoms with Crippen LogP contribution in [-0.2, 0) is 6.54 Å². The second-order valence-corrected chi connectivity index (χ2v) is 7.12. The molecule has 1 aliphatic rings. The van der Waals surface area contributed by atoms with Gasteiger partial charge in [-0.3, -0.25) is 9.98 Å². The highest BCUT2D eigenvalue weighted by atomic mass is 32.1. The van der Waals surface area contributed by atoms with Crippen LogP contribution < -0.4 is 5.73 Å². The number of thiophene rings is 1. The summed E-state index contributed by atoms with van der Waals surface area (Å²) in [5, 5.41) is 1.27. The highest BCUT2D eigenvalue weighted by Crippen LogP contribution is 2.39. The van der Waals surface area contributed by atoms with Crippen LogP contribution in [0.15, 0.2) is 59.9 Å². The number of nitrogens with zero attached hydrogens (tertiary/aromatic N) is 3. The molecule has 0 saturated carbocycles. The Labute approximate surface area is 148 Å². The van der Waals surface area contributed by atoms with Crippen LogP contribution in [-0.4, -0.2) is 16.2 Å². The maximum Gasteiger partial charge on any atom is 0.141 e. The van der Waals surface area contributed by atoms with E-state index in [0.29, 0.717) is 5.82 Å². The van der Waals surface area contributed by atoms with Gasteiger partial charge in [-0.05, 0) is 46.3 Å². The van der Waals surface area contributed by atoms with Gasteiger partial charge >= 0.3 is 0 Å². The third-order valence-electron chi connectivity index (χ3n) is 4.42. The first-order valence-electron chi connectivity index (χ1n) is 8.01. The van der Waals surface area contributed by atoms with Gasteiger partial charge in [-0.1, -0.05) is 18.2 Å². The lowest BCUT2D eigenvalue weighted by molar-refractivity contribution is 1.11. The Morgan fingerprint density at radius 1 is 1.00 bits per heavy atom. The highest BCUT2D eigenvalue weighted by molar-refractivity contribution is 7.22. The number of aromatic nitrogens is 2. The van der Waals surface area contributed by atoms with E-state index in [2.05, 4.69) is 57.4 Å². The maximum absolute atomic E-state index is 5.67. The molecular formula is C20H14N4S. The number of rotatable bonds is 2. The van der Waals surface area contributed by atoms with Gasteiger partial charge in [0.2, 0.25) is 0 Å². The fourth-order valence-electron chi connectivity index (χ4n) is 3.19. The number of anilines is 1. The Kier molecular flexibility index (Phi) is 3.15. The molecule has 0 atom stereocenters. The minimum atomic E-state index is 0.427. The quantitative estimate of drug-likeness (QED) is 0.581. The third kappa shape index (κ3) is 2.40. The van der Waals surface area contributed by atoms with Gasteiger partial charge in [0.25, 0.3) is 0 Å². The Bertz CT molecular complexity index is 1090. The molecule has 0 saturated heterocycles. The van der Waals surface area contributed by atoms with Gasteiger partial charge in [0.1, 0.15) is 5.82 Å². The summed E-state index contributed by atoms with van der Waals surface area (Å²) in [6, 6.07) is 15.0. The SMILES string of the molecule is Nc1cnc(-c2cc3c(c(-c4cc5ccccc5s4)c2)CN=C3)cn1. The summed E-state index contributed by atoms with van der Waals surface area (Å²) >= 11 is 1.81. The molecule has 0 unspecified atom stereocenters. The van der Waals surface area contributed by atoms with E-state index in [-0.39, 0.29) is 0 Å². The summed E-state index contributed by atoms with van der Waals surface area (Å²) < 4.78 is 1.29. The summed E-state index contributed by atoms with van der Waals surface area (Å²) in [6.07, 6.45) is 5.26. The van der Waals surface area contributed by atoms with Crippen LogP contribution in [0, 0.1) is 0 Å². The van der Waals surface area contributed by atoms with Crippen molar-refractivity contribution in [2.45, 2.75) is 6.54 Å². The second kappa shape index (κ2) is 5.50. The van der Waals surface area contributed by atoms with Crippen LogP contribution in [0.5, 0.6) is 0 Å². The summed E-state index contributed by atoms with van der Waals surface area (Å²) in [5.41, 5.74) is 11.2. The third-order valence-corrected chi connectivity index (χ3v) is 5.57. The van der Waals surface area contributed by atoms with E-state index in [4.69, 9.17) is 5.73 Å². The van der Waals surface area contributed by atoms with Crippen molar-refractivity contribution in [1.29, 1.82) is 0 Å². The first kappa shape index (κ1) is 14.3. The van der Waals surface area contributed by atoms with E-state index in [0.717, 1.165) is 23.4 Å². The minimum Gasteiger partial charge on any atom is -0.382 e. The largest absolute Gasteiger partial charge is 0.382 e. The van der Waals surface area contributed by atoms with Crippen molar-refractivity contribution in [2.75, 3.05) is 5.73 Å². The Morgan fingerprint density at radius 2 is 1.92 bits per heavy atom. The number of benzene rings is 2. The molecule has 3 heterocycles. The van der Waals surface area contributed by atoms with E-state index in [1.165, 1.54) is 26.1 Å². The zero-order valence-electron chi connectivity index (χ0n) is 13.3. The lowest BCUT2D eigenvalue weighted by Crippen LogP contribution is -1.95. The highest BCUT2D eigenvalue weighted by Gasteiger charge is 2.17. The molecule has 0 amide bonds. The van der Waals surface area contributed by atoms with E-state index in [1.807, 2.05) is 17.6 Å². The van der Waals surface area contributed by atoms with Gasteiger partial charge in [0.05, 0.1) is 24.6 Å². The standard InChI is InChI=1S/C20H14N4S/c21-20-11-23-17(10-24-20)13-5-14-8-22-9-16(14)15(6-13)19-7-12-3-1-2-4-18(12)25-19/h1-8,10-11H,9H2,(H2,21,24). The molecule has 4 nitrogen and oxygen atoms in total. The monoisotopic (exact) mass is 342 g/mol. The fraction of sp³-hybridized carbons (Fsp3) is 0.0500. The van der Waals surface area contributed by atoms with Crippen LogP contribution in [0.1, 0.15) is 11.1 Å². The molecule has 0 aliphatic carbocycles. The molecule has 5 rings (SSSR count). The maximum atomic E-state index is 5.67. The molecule has 120 valence electrons. The van der Waals surface area contributed by atoms with Crippen molar-refractivity contribution in [2.24, 2.45) is 4.99 Å². The normalized spacial score (nSPS) is 12.6. The van der Waals surface area contributed by atoms with Crippen molar-refractivity contribution in [3.05, 3.63) is 66.0 Å². The first-order valence-corrected chi connectivity index (χ1v) is 8.83. The van der Waals surface area contributed by atoms with Crippen molar-refractivity contribution in [1.82, 2.24) is 9.97 Å². The van der Waals surface area contributed by atoms with E-state index >= 15 is 0 Å². The number of hydrogen-bond donors (Lipinski definition) is 1. The molecule has 2 aromatic carbocycles. The minimum absolute atomic E-state index is 0.427. The van der Waals surface area contributed by atoms with Crippen LogP contribution in [0.3, 0.4) is 0 Å². The predicted molar refractivity (Wildman–Crippen MR) is 104 cm³/mol. The Hall–Kier alpha value is -3.05. The fourth-order valence-corrected chi connectivity index (χ4v) is 4.30. The molecule has 5 heteroatoms. The molecule has 1 aliphatic heterocycles. The molecular weight excluding hydrogens is 328 g/mol. The van der Waals surface area contributed by atoms with E-state index in [9.17, 15) is 0 Å². The molecule has 0 fully saturated rings. The summed E-state index contributed by atoms with van der Waals surface area (Å²) in [5.74, 6) is 0.427. The number of fused-ring (bicyclic) bond motifs is 2. The molecule has 0 spiro atoms. The molecule has 2 N–H and O–H groups in total. The van der Waals surface area contributed by atoms with E-state index < -0.39 is 0 Å². The van der Waals surface area contributed by atoms with Crippen molar-refractivity contribution in [3.8, 4) is 21.7 Å². The van der Waals surface area contributed by atoms with Crippen LogP contribution in [0.4, 0.5) is 5.82 Å². The van der Waals surface area contributed by atoms with Crippen molar-refractivity contribution >= 4 is 33.5 Å². The van der Waals surface area contributed by atoms with Crippen LogP contribution in [0.2, 0.25) is 0 Å². The second-order valence-electron chi connectivity index (χ2n) is 6.04. The molecule has 25 heavy (non-hydrogen) atoms. The van der Waals surface area contributed by atoms with Gasteiger partial charge in [0.15, 0.2) is 0 Å². The average molecular weight is 342 g/mol. The van der Waals surface area contributed by atoms with Crippen molar-refractivity contribution in [3.63, 3.8) is 0 Å². The van der Waals surface area contributed by atoms with Crippen LogP contribution >= 0.6 is 11.3 Å². The predicted octanol–water partition coefficient (Wildman–Crippen LogP) is 4.54. The molecule has 0 bridgehead atoms. The van der Waals surface area contributed by atoms with Crippen molar-refractivity contribution < 1.29 is 0 Å². The smallest absolute Gasteiger partial charge is 0.141 e. The number of aliphatic imine (C=N–C) groups is 1. The topological polar surface area (TPSA) is 64.2 Å². The lowest BCUT2D eigenvalue weighted by Gasteiger charge is -2.10. The van der Waals surface area contributed by atoms with E-state index in [1.54, 1.807) is 12.4 Å². The Balaban J connectivity index is 1.72. The number of nitrogen functional groups attached to an aromatic ring is 1. The summed E-state index contributed by atoms with van der Waals surface area (Å²) in [7, 11) is 0. The summed E-state index contributed by atoms with van der Waals surface area (Å²) in [6.45, 7) is 0.729. The summed E-state index contributed by atoms with van der Waals surface area (Å²) in [4.78, 5) is 14.3. The van der Waals surface area contributed by atoms with Crippen LogP contribution in [0.25, 0.3) is 31.8 Å². The van der Waals surface area contributed by atoms with Gasteiger partial charge in [-0.2, -0.15) is 0 Å². The molecule has 0 radical (unpaired) electrons. The number of hydrogen-bond acceptors (Lipinski definition) is 5. The van der Waals surface area contributed by atoms with Gasteiger partial charge < -0.3 is 5.73 Å². The van der Waals surface area contributed by atoms with Gasteiger partial charge in [-0.15, -0.1) is 11.3 Å². The zero-order chi connectivity index (χ0) is 16.8. The lowest BCUT2D eigenvalue weighted by atomic mass is 9.97. The average Bonchev–Trinajstić information content (AvgIpc) is 3.28. The molecule has 4 aromatic rings. The van der Waals surface area contributed by atoms with Gasteiger partial charge in [0, 0.05) is 21.4 Å².